The molecule has 116 valence electrons. The van der Waals surface area contributed by atoms with E-state index in [2.05, 4.69) is 39.8 Å². The van der Waals surface area contributed by atoms with Gasteiger partial charge in [0.2, 0.25) is 0 Å². The van der Waals surface area contributed by atoms with Crippen LogP contribution in [0.25, 0.3) is 0 Å². The third kappa shape index (κ3) is 4.34. The number of hydrogen-bond acceptors (Lipinski definition) is 2. The van der Waals surface area contributed by atoms with E-state index in [0.717, 1.165) is 6.42 Å². The molecule has 1 aliphatic heterocycles. The Balaban J connectivity index is 2.27. The summed E-state index contributed by atoms with van der Waals surface area (Å²) in [5.41, 5.74) is 5.58. The second-order valence-electron chi connectivity index (χ2n) is 6.36. The molecule has 0 aliphatic carbocycles. The van der Waals surface area contributed by atoms with E-state index in [4.69, 9.17) is 9.31 Å². The summed E-state index contributed by atoms with van der Waals surface area (Å²) in [6, 6.07) is 4.74. The minimum atomic E-state index is -0.160. The standard InChI is InChI=1S/C18H29BO2/c1-5-7-9-15-11-16(10-8-6-2)18-17(12-15)13-20-19(18)21-14(3)4/h11-12,14H,5-10,13H2,1-4H3. The molecule has 21 heavy (non-hydrogen) atoms. The van der Waals surface area contributed by atoms with Crippen LogP contribution in [0.15, 0.2) is 12.1 Å². The first-order chi connectivity index (χ1) is 10.2. The summed E-state index contributed by atoms with van der Waals surface area (Å²) in [4.78, 5) is 0. The number of hydrogen-bond donors (Lipinski definition) is 0. The highest BCUT2D eigenvalue weighted by Gasteiger charge is 2.34. The molecule has 2 rings (SSSR count). The van der Waals surface area contributed by atoms with Gasteiger partial charge in [-0.05, 0) is 61.7 Å². The molecule has 0 N–H and O–H groups in total. The predicted octanol–water partition coefficient (Wildman–Crippen LogP) is 4.02. The fourth-order valence-electron chi connectivity index (χ4n) is 2.98. The maximum absolute atomic E-state index is 5.96. The Morgan fingerprint density at radius 1 is 1.14 bits per heavy atom. The summed E-state index contributed by atoms with van der Waals surface area (Å²) >= 11 is 0. The van der Waals surface area contributed by atoms with Crippen molar-refractivity contribution in [3.05, 3.63) is 28.8 Å². The van der Waals surface area contributed by atoms with Crippen LogP contribution in [0, 0.1) is 0 Å². The molecular formula is C18H29BO2. The molecule has 0 unspecified atom stereocenters. The Morgan fingerprint density at radius 3 is 2.52 bits per heavy atom. The summed E-state index contributed by atoms with van der Waals surface area (Å²) in [7, 11) is -0.160. The van der Waals surface area contributed by atoms with E-state index in [-0.39, 0.29) is 13.2 Å². The highest BCUT2D eigenvalue weighted by Crippen LogP contribution is 2.21. The van der Waals surface area contributed by atoms with Crippen LogP contribution in [0.1, 0.15) is 70.1 Å². The average Bonchev–Trinajstić information content (AvgIpc) is 2.85. The summed E-state index contributed by atoms with van der Waals surface area (Å²) in [5.74, 6) is 0. The molecule has 0 aromatic heterocycles. The zero-order valence-corrected chi connectivity index (χ0v) is 14.1. The fourth-order valence-corrected chi connectivity index (χ4v) is 2.98. The van der Waals surface area contributed by atoms with Crippen LogP contribution in [0.5, 0.6) is 0 Å². The molecule has 1 aromatic rings. The van der Waals surface area contributed by atoms with Crippen molar-refractivity contribution in [3.8, 4) is 0 Å². The fraction of sp³-hybridized carbons (Fsp3) is 0.667. The molecule has 0 saturated carbocycles. The Morgan fingerprint density at radius 2 is 1.86 bits per heavy atom. The van der Waals surface area contributed by atoms with Crippen molar-refractivity contribution in [1.29, 1.82) is 0 Å². The van der Waals surface area contributed by atoms with Gasteiger partial charge in [0.1, 0.15) is 0 Å². The molecule has 1 heterocycles. The largest absolute Gasteiger partial charge is 0.494 e. The van der Waals surface area contributed by atoms with Crippen molar-refractivity contribution in [3.63, 3.8) is 0 Å². The Labute approximate surface area is 130 Å². The molecule has 1 aliphatic rings. The number of fused-ring (bicyclic) bond motifs is 1. The van der Waals surface area contributed by atoms with Crippen LogP contribution in [-0.2, 0) is 28.8 Å². The number of unbranched alkanes of at least 4 members (excludes halogenated alkanes) is 2. The van der Waals surface area contributed by atoms with E-state index in [1.165, 1.54) is 54.3 Å². The molecule has 0 amide bonds. The normalized spacial score (nSPS) is 14.0. The van der Waals surface area contributed by atoms with Gasteiger partial charge in [-0.1, -0.05) is 38.8 Å². The Bertz CT molecular complexity index is 457. The van der Waals surface area contributed by atoms with E-state index >= 15 is 0 Å². The number of aryl methyl sites for hydroxylation is 2. The van der Waals surface area contributed by atoms with Crippen molar-refractivity contribution in [2.45, 2.75) is 78.9 Å². The Hall–Kier alpha value is -0.795. The van der Waals surface area contributed by atoms with Crippen LogP contribution in [0.4, 0.5) is 0 Å². The van der Waals surface area contributed by atoms with E-state index < -0.39 is 0 Å². The first-order valence-electron chi connectivity index (χ1n) is 8.57. The topological polar surface area (TPSA) is 18.5 Å². The van der Waals surface area contributed by atoms with Crippen LogP contribution in [-0.4, -0.2) is 13.2 Å². The minimum absolute atomic E-state index is 0.160. The van der Waals surface area contributed by atoms with E-state index in [0.29, 0.717) is 6.61 Å². The van der Waals surface area contributed by atoms with Gasteiger partial charge in [0.25, 0.3) is 0 Å². The first kappa shape index (κ1) is 16.6. The molecule has 3 heteroatoms. The quantitative estimate of drug-likeness (QED) is 0.673. The van der Waals surface area contributed by atoms with Crippen molar-refractivity contribution >= 4 is 12.6 Å². The summed E-state index contributed by atoms with van der Waals surface area (Å²) in [5, 5.41) is 0. The third-order valence-electron chi connectivity index (χ3n) is 4.05. The van der Waals surface area contributed by atoms with Gasteiger partial charge in [-0.25, -0.2) is 0 Å². The lowest BCUT2D eigenvalue weighted by Crippen LogP contribution is -2.37. The summed E-state index contributed by atoms with van der Waals surface area (Å²) < 4.78 is 11.8. The highest BCUT2D eigenvalue weighted by molar-refractivity contribution is 6.63. The summed E-state index contributed by atoms with van der Waals surface area (Å²) in [6.45, 7) is 9.35. The predicted molar refractivity (Wildman–Crippen MR) is 90.1 cm³/mol. The molecule has 2 nitrogen and oxygen atoms in total. The summed E-state index contributed by atoms with van der Waals surface area (Å²) in [6.07, 6.45) is 7.48. The third-order valence-corrected chi connectivity index (χ3v) is 4.05. The lowest BCUT2D eigenvalue weighted by molar-refractivity contribution is 0.170. The van der Waals surface area contributed by atoms with Crippen molar-refractivity contribution in [2.24, 2.45) is 0 Å². The van der Waals surface area contributed by atoms with E-state index in [1.54, 1.807) is 0 Å². The van der Waals surface area contributed by atoms with Crippen LogP contribution < -0.4 is 5.46 Å². The molecule has 1 aromatic carbocycles. The molecular weight excluding hydrogens is 259 g/mol. The number of benzene rings is 1. The second-order valence-corrected chi connectivity index (χ2v) is 6.36. The first-order valence-corrected chi connectivity index (χ1v) is 8.57. The zero-order chi connectivity index (χ0) is 15.2. The smallest absolute Gasteiger partial charge is 0.405 e. The van der Waals surface area contributed by atoms with E-state index in [1.807, 2.05) is 0 Å². The molecule has 0 spiro atoms. The maximum Gasteiger partial charge on any atom is 0.494 e. The molecule has 0 fully saturated rings. The maximum atomic E-state index is 5.96. The van der Waals surface area contributed by atoms with Gasteiger partial charge in [-0.2, -0.15) is 0 Å². The van der Waals surface area contributed by atoms with Crippen molar-refractivity contribution in [2.75, 3.05) is 0 Å². The SMILES string of the molecule is CCCCc1cc(CCCC)c2c(c1)COB2OC(C)C. The van der Waals surface area contributed by atoms with Gasteiger partial charge in [0.05, 0.1) is 6.61 Å². The minimum Gasteiger partial charge on any atom is -0.405 e. The number of rotatable bonds is 8. The zero-order valence-electron chi connectivity index (χ0n) is 14.1. The van der Waals surface area contributed by atoms with Crippen molar-refractivity contribution in [1.82, 2.24) is 0 Å². The van der Waals surface area contributed by atoms with Crippen LogP contribution >= 0.6 is 0 Å². The lowest BCUT2D eigenvalue weighted by Gasteiger charge is -2.16. The van der Waals surface area contributed by atoms with Gasteiger partial charge < -0.3 is 9.31 Å². The van der Waals surface area contributed by atoms with Gasteiger partial charge >= 0.3 is 7.12 Å². The highest BCUT2D eigenvalue weighted by atomic mass is 16.6. The Kier molecular flexibility index (Phi) is 6.31. The molecule has 0 saturated heterocycles. The van der Waals surface area contributed by atoms with Crippen LogP contribution in [0.3, 0.4) is 0 Å². The van der Waals surface area contributed by atoms with Gasteiger partial charge in [0.15, 0.2) is 0 Å². The monoisotopic (exact) mass is 288 g/mol. The second kappa shape index (κ2) is 8.00. The van der Waals surface area contributed by atoms with E-state index in [9.17, 15) is 0 Å². The van der Waals surface area contributed by atoms with Gasteiger partial charge in [-0.3, -0.25) is 0 Å². The molecule has 0 bridgehead atoms. The van der Waals surface area contributed by atoms with Crippen LogP contribution in [0.2, 0.25) is 0 Å². The lowest BCUT2D eigenvalue weighted by atomic mass is 9.73. The van der Waals surface area contributed by atoms with Gasteiger partial charge in [-0.15, -0.1) is 0 Å². The van der Waals surface area contributed by atoms with Crippen molar-refractivity contribution < 1.29 is 9.31 Å². The molecule has 0 radical (unpaired) electrons. The average molecular weight is 288 g/mol. The van der Waals surface area contributed by atoms with Gasteiger partial charge in [0, 0.05) is 6.10 Å². The molecule has 0 atom stereocenters.